The van der Waals surface area contributed by atoms with Crippen molar-refractivity contribution >= 4 is 27.3 Å². The fourth-order valence-electron chi connectivity index (χ4n) is 3.10. The number of ether oxygens (including phenoxy) is 2. The summed E-state index contributed by atoms with van der Waals surface area (Å²) in [7, 11) is -1.55. The van der Waals surface area contributed by atoms with Crippen LogP contribution in [0.4, 0.5) is 20.2 Å². The number of carbonyl (C=O) groups is 1. The predicted molar refractivity (Wildman–Crippen MR) is 120 cm³/mol. The van der Waals surface area contributed by atoms with Gasteiger partial charge in [0.1, 0.15) is 34.6 Å². The van der Waals surface area contributed by atoms with Crippen LogP contribution < -0.4 is 19.1 Å². The molecule has 0 fully saturated rings. The minimum atomic E-state index is -4.31. The van der Waals surface area contributed by atoms with E-state index in [0.717, 1.165) is 16.4 Å². The molecule has 3 aromatic carbocycles. The van der Waals surface area contributed by atoms with E-state index < -0.39 is 34.1 Å². The molecule has 7 nitrogen and oxygen atoms in total. The van der Waals surface area contributed by atoms with E-state index in [-0.39, 0.29) is 22.0 Å². The molecule has 0 saturated heterocycles. The predicted octanol–water partition coefficient (Wildman–Crippen LogP) is 4.12. The van der Waals surface area contributed by atoms with Crippen LogP contribution in [0.25, 0.3) is 0 Å². The van der Waals surface area contributed by atoms with E-state index in [9.17, 15) is 22.0 Å². The molecule has 1 amide bonds. The largest absolute Gasteiger partial charge is 0.497 e. The number of nitrogens with zero attached hydrogens (tertiary/aromatic N) is 1. The molecule has 0 saturated carbocycles. The molecule has 3 rings (SSSR count). The number of nitrogens with one attached hydrogen (secondary N) is 1. The number of sulfonamides is 1. The molecule has 1 N–H and O–H groups in total. The van der Waals surface area contributed by atoms with Crippen LogP contribution in [0.2, 0.25) is 0 Å². The van der Waals surface area contributed by atoms with Gasteiger partial charge in [0, 0.05) is 12.1 Å². The average molecular weight is 477 g/mol. The smallest absolute Gasteiger partial charge is 0.268 e. The number of anilines is 2. The quantitative estimate of drug-likeness (QED) is 0.529. The first-order chi connectivity index (χ1) is 15.6. The van der Waals surface area contributed by atoms with Gasteiger partial charge >= 0.3 is 0 Å². The SMILES string of the molecule is COc1cccc(N(CC(=O)Nc2ccc(F)cc2F)S(=O)(=O)c2cc(C)ccc2OC)c1. The molecule has 0 atom stereocenters. The molecule has 0 aliphatic carbocycles. The van der Waals surface area contributed by atoms with Crippen LogP contribution in [0, 0.1) is 18.6 Å². The van der Waals surface area contributed by atoms with Crippen molar-refractivity contribution in [1.29, 1.82) is 0 Å². The van der Waals surface area contributed by atoms with Gasteiger partial charge in [-0.05, 0) is 48.9 Å². The molecular formula is C23H22F2N2O5S. The molecule has 3 aromatic rings. The third-order valence-electron chi connectivity index (χ3n) is 4.72. The number of methoxy groups -OCH3 is 2. The van der Waals surface area contributed by atoms with E-state index in [4.69, 9.17) is 9.47 Å². The van der Waals surface area contributed by atoms with Crippen molar-refractivity contribution in [3.63, 3.8) is 0 Å². The van der Waals surface area contributed by atoms with Crippen molar-refractivity contribution < 1.29 is 31.5 Å². The molecule has 0 aliphatic heterocycles. The van der Waals surface area contributed by atoms with E-state index >= 15 is 0 Å². The Morgan fingerprint density at radius 3 is 2.42 bits per heavy atom. The molecule has 33 heavy (non-hydrogen) atoms. The van der Waals surface area contributed by atoms with Gasteiger partial charge < -0.3 is 14.8 Å². The van der Waals surface area contributed by atoms with Crippen LogP contribution in [-0.4, -0.2) is 35.1 Å². The monoisotopic (exact) mass is 476 g/mol. The Hall–Kier alpha value is -3.66. The molecule has 0 aromatic heterocycles. The highest BCUT2D eigenvalue weighted by Crippen LogP contribution is 2.32. The molecule has 0 radical (unpaired) electrons. The Bertz CT molecular complexity index is 1280. The zero-order valence-electron chi connectivity index (χ0n) is 18.1. The van der Waals surface area contributed by atoms with Gasteiger partial charge in [-0.3, -0.25) is 9.10 Å². The molecule has 174 valence electrons. The van der Waals surface area contributed by atoms with Gasteiger partial charge in [-0.1, -0.05) is 12.1 Å². The summed E-state index contributed by atoms with van der Waals surface area (Å²) < 4.78 is 65.8. The highest BCUT2D eigenvalue weighted by atomic mass is 32.2. The second-order valence-corrected chi connectivity index (χ2v) is 8.87. The topological polar surface area (TPSA) is 84.9 Å². The summed E-state index contributed by atoms with van der Waals surface area (Å²) in [4.78, 5) is 12.6. The highest BCUT2D eigenvalue weighted by Gasteiger charge is 2.30. The minimum Gasteiger partial charge on any atom is -0.497 e. The van der Waals surface area contributed by atoms with Crippen LogP contribution in [-0.2, 0) is 14.8 Å². The number of hydrogen-bond acceptors (Lipinski definition) is 5. The van der Waals surface area contributed by atoms with Gasteiger partial charge in [0.2, 0.25) is 5.91 Å². The van der Waals surface area contributed by atoms with Crippen molar-refractivity contribution in [3.05, 3.63) is 77.9 Å². The Morgan fingerprint density at radius 2 is 1.76 bits per heavy atom. The van der Waals surface area contributed by atoms with Crippen molar-refractivity contribution in [1.82, 2.24) is 0 Å². The number of amides is 1. The number of aryl methyl sites for hydroxylation is 1. The fraction of sp³-hybridized carbons (Fsp3) is 0.174. The Balaban J connectivity index is 2.04. The van der Waals surface area contributed by atoms with Crippen molar-refractivity contribution in [2.45, 2.75) is 11.8 Å². The van der Waals surface area contributed by atoms with Gasteiger partial charge in [-0.15, -0.1) is 0 Å². The minimum absolute atomic E-state index is 0.0958. The third kappa shape index (κ3) is 5.40. The number of halogens is 2. The molecule has 0 heterocycles. The van der Waals surface area contributed by atoms with Crippen LogP contribution in [0.3, 0.4) is 0 Å². The summed E-state index contributed by atoms with van der Waals surface area (Å²) in [6.45, 7) is 1.03. The zero-order chi connectivity index (χ0) is 24.2. The van der Waals surface area contributed by atoms with Gasteiger partial charge in [0.25, 0.3) is 10.0 Å². The fourth-order valence-corrected chi connectivity index (χ4v) is 4.75. The van der Waals surface area contributed by atoms with Gasteiger partial charge in [0.05, 0.1) is 25.6 Å². The summed E-state index contributed by atoms with van der Waals surface area (Å²) in [6.07, 6.45) is 0. The average Bonchev–Trinajstić information content (AvgIpc) is 2.79. The van der Waals surface area contributed by atoms with Crippen molar-refractivity contribution in [2.24, 2.45) is 0 Å². The maximum absolute atomic E-state index is 14.0. The van der Waals surface area contributed by atoms with E-state index in [1.807, 2.05) is 0 Å². The summed E-state index contributed by atoms with van der Waals surface area (Å²) in [5.41, 5.74) is 0.531. The Kier molecular flexibility index (Phi) is 7.17. The van der Waals surface area contributed by atoms with Crippen LogP contribution in [0.5, 0.6) is 11.5 Å². The molecule has 0 spiro atoms. The normalized spacial score (nSPS) is 11.1. The Morgan fingerprint density at radius 1 is 1.00 bits per heavy atom. The summed E-state index contributed by atoms with van der Waals surface area (Å²) in [5.74, 6) is -2.16. The summed E-state index contributed by atoms with van der Waals surface area (Å²) in [5, 5.41) is 2.28. The van der Waals surface area contributed by atoms with Gasteiger partial charge in [-0.2, -0.15) is 0 Å². The standard InChI is InChI=1S/C23H22F2N2O5S/c1-15-7-10-21(32-3)22(11-15)33(29,30)27(17-5-4-6-18(13-17)31-2)14-23(28)26-20-9-8-16(24)12-19(20)25/h4-13H,14H2,1-3H3,(H,26,28). The second-order valence-electron chi connectivity index (χ2n) is 7.04. The maximum atomic E-state index is 14.0. The lowest BCUT2D eigenvalue weighted by Gasteiger charge is -2.25. The van der Waals surface area contributed by atoms with E-state index in [1.165, 1.54) is 38.5 Å². The lowest BCUT2D eigenvalue weighted by molar-refractivity contribution is -0.114. The molecule has 0 aliphatic rings. The highest BCUT2D eigenvalue weighted by molar-refractivity contribution is 7.93. The maximum Gasteiger partial charge on any atom is 0.268 e. The molecular weight excluding hydrogens is 454 g/mol. The summed E-state index contributed by atoms with van der Waals surface area (Å²) >= 11 is 0. The molecule has 0 unspecified atom stereocenters. The zero-order valence-corrected chi connectivity index (χ0v) is 18.9. The van der Waals surface area contributed by atoms with Crippen molar-refractivity contribution in [3.8, 4) is 11.5 Å². The molecule has 10 heteroatoms. The number of hydrogen-bond donors (Lipinski definition) is 1. The number of rotatable bonds is 8. The lowest BCUT2D eigenvalue weighted by Crippen LogP contribution is -2.38. The first-order valence-electron chi connectivity index (χ1n) is 9.72. The number of carbonyl (C=O) groups excluding carboxylic acids is 1. The number of benzene rings is 3. The molecule has 0 bridgehead atoms. The second kappa shape index (κ2) is 9.86. The van der Waals surface area contributed by atoms with Crippen LogP contribution >= 0.6 is 0 Å². The first kappa shape index (κ1) is 24.0. The third-order valence-corrected chi connectivity index (χ3v) is 6.52. The first-order valence-corrected chi connectivity index (χ1v) is 11.2. The van der Waals surface area contributed by atoms with E-state index in [2.05, 4.69) is 5.32 Å². The Labute approximate surface area is 190 Å². The van der Waals surface area contributed by atoms with Crippen LogP contribution in [0.15, 0.2) is 65.6 Å². The van der Waals surface area contributed by atoms with Crippen LogP contribution in [0.1, 0.15) is 5.56 Å². The van der Waals surface area contributed by atoms with E-state index in [0.29, 0.717) is 17.4 Å². The van der Waals surface area contributed by atoms with Gasteiger partial charge in [-0.25, -0.2) is 17.2 Å². The lowest BCUT2D eigenvalue weighted by atomic mass is 10.2. The van der Waals surface area contributed by atoms with E-state index in [1.54, 1.807) is 25.1 Å². The summed E-state index contributed by atoms with van der Waals surface area (Å²) in [6, 6.07) is 13.4. The van der Waals surface area contributed by atoms with Crippen molar-refractivity contribution in [2.75, 3.05) is 30.4 Å². The van der Waals surface area contributed by atoms with Gasteiger partial charge in [0.15, 0.2) is 0 Å².